The molecule has 0 aromatic rings. The largest absolute Gasteiger partial charge is 2.00 e. The van der Waals surface area contributed by atoms with Crippen LogP contribution in [0.4, 0.5) is 0 Å². The second-order valence-corrected chi connectivity index (χ2v) is 9.26. The maximum absolute atomic E-state index is 3.44. The molecule has 0 fully saturated rings. The molecule has 0 radical (unpaired) electrons. The summed E-state index contributed by atoms with van der Waals surface area (Å²) in [4.78, 5) is 0. The van der Waals surface area contributed by atoms with Crippen molar-refractivity contribution in [2.24, 2.45) is 10.8 Å². The number of allylic oxidation sites excluding steroid dienone is 16. The van der Waals surface area contributed by atoms with E-state index in [-0.39, 0.29) is 49.8 Å². The standard InChI is InChI=1S/2C10H15.2C5H5.2Ru/c2*1-7-6-10(4,5)9(3)8(7)2;2*1-2-4-5-3-1;;/h2*1-5H3;2*1-3H,4H2;;/q4*-1;2*+2. The minimum atomic E-state index is 0. The van der Waals surface area contributed by atoms with Crippen LogP contribution >= 0.6 is 0 Å². The van der Waals surface area contributed by atoms with Crippen molar-refractivity contribution in [1.82, 2.24) is 0 Å². The molecule has 0 amide bonds. The second-order valence-electron chi connectivity index (χ2n) is 9.26. The van der Waals surface area contributed by atoms with E-state index in [4.69, 9.17) is 0 Å². The van der Waals surface area contributed by atoms with Crippen molar-refractivity contribution < 1.29 is 39.0 Å². The van der Waals surface area contributed by atoms with Crippen LogP contribution in [0.3, 0.4) is 0 Å². The van der Waals surface area contributed by atoms with E-state index in [2.05, 4.69) is 106 Å². The van der Waals surface area contributed by atoms with Crippen LogP contribution in [-0.2, 0) is 39.0 Å². The summed E-state index contributed by atoms with van der Waals surface area (Å²) < 4.78 is 0. The molecule has 0 N–H and O–H groups in total. The Balaban J connectivity index is 0. The van der Waals surface area contributed by atoms with Crippen molar-refractivity contribution in [1.29, 1.82) is 0 Å². The van der Waals surface area contributed by atoms with E-state index in [0.717, 1.165) is 12.8 Å². The minimum absolute atomic E-state index is 0. The van der Waals surface area contributed by atoms with Crippen LogP contribution < -0.4 is 0 Å². The van der Waals surface area contributed by atoms with Crippen molar-refractivity contribution in [3.8, 4) is 0 Å². The number of hydrogen-bond donors (Lipinski definition) is 0. The van der Waals surface area contributed by atoms with E-state index in [1.807, 2.05) is 24.3 Å². The van der Waals surface area contributed by atoms with Crippen molar-refractivity contribution in [2.75, 3.05) is 0 Å². The summed E-state index contributed by atoms with van der Waals surface area (Å²) >= 11 is 0. The molecule has 0 spiro atoms. The zero-order valence-electron chi connectivity index (χ0n) is 21.6. The normalized spacial score (nSPS) is 20.2. The molecule has 0 heterocycles. The van der Waals surface area contributed by atoms with Crippen molar-refractivity contribution >= 4 is 0 Å². The summed E-state index contributed by atoms with van der Waals surface area (Å²) in [7, 11) is 0. The monoisotopic (exact) mass is 604 g/mol. The third-order valence-electron chi connectivity index (χ3n) is 6.30. The fourth-order valence-electron chi connectivity index (χ4n) is 3.49. The molecule has 0 saturated heterocycles. The van der Waals surface area contributed by atoms with Crippen LogP contribution in [0, 0.1) is 35.1 Å². The summed E-state index contributed by atoms with van der Waals surface area (Å²) in [5.41, 5.74) is 8.79. The molecule has 0 aromatic heterocycles. The molecular formula is C30H40Ru2. The first kappa shape index (κ1) is 33.3. The first-order valence-electron chi connectivity index (χ1n) is 10.9. The van der Waals surface area contributed by atoms with Crippen LogP contribution in [-0.4, -0.2) is 0 Å². The molecule has 2 heteroatoms. The zero-order valence-corrected chi connectivity index (χ0v) is 25.1. The predicted molar refractivity (Wildman–Crippen MR) is 132 cm³/mol. The molecule has 0 unspecified atom stereocenters. The van der Waals surface area contributed by atoms with Gasteiger partial charge in [0.1, 0.15) is 0 Å². The van der Waals surface area contributed by atoms with Gasteiger partial charge in [0.25, 0.3) is 0 Å². The molecule has 4 rings (SSSR count). The van der Waals surface area contributed by atoms with Gasteiger partial charge in [-0.25, -0.2) is 35.5 Å². The molecule has 0 bridgehead atoms. The van der Waals surface area contributed by atoms with E-state index in [0.29, 0.717) is 0 Å². The van der Waals surface area contributed by atoms with Crippen LogP contribution in [0.25, 0.3) is 0 Å². The van der Waals surface area contributed by atoms with Gasteiger partial charge in [-0.05, 0) is 0 Å². The maximum atomic E-state index is 3.44. The van der Waals surface area contributed by atoms with Gasteiger partial charge in [-0.3, -0.25) is 24.3 Å². The van der Waals surface area contributed by atoms with E-state index in [1.165, 1.54) is 33.4 Å². The minimum Gasteiger partial charge on any atom is -0.273 e. The van der Waals surface area contributed by atoms with E-state index in [1.54, 1.807) is 0 Å². The van der Waals surface area contributed by atoms with Crippen LogP contribution in [0.2, 0.25) is 0 Å². The summed E-state index contributed by atoms with van der Waals surface area (Å²) in [5.74, 6) is 0. The van der Waals surface area contributed by atoms with Crippen molar-refractivity contribution in [3.63, 3.8) is 0 Å². The molecule has 0 aliphatic heterocycles. The van der Waals surface area contributed by atoms with E-state index >= 15 is 0 Å². The first-order valence-corrected chi connectivity index (χ1v) is 10.9. The fourth-order valence-corrected chi connectivity index (χ4v) is 3.49. The molecular weight excluding hydrogens is 562 g/mol. The van der Waals surface area contributed by atoms with Gasteiger partial charge in [-0.2, -0.15) is 34.4 Å². The van der Waals surface area contributed by atoms with Gasteiger partial charge >= 0.3 is 39.0 Å². The molecule has 0 nitrogen and oxygen atoms in total. The summed E-state index contributed by atoms with van der Waals surface area (Å²) in [5, 5.41) is 0. The number of hydrogen-bond acceptors (Lipinski definition) is 0. The Hall–Kier alpha value is -0.833. The summed E-state index contributed by atoms with van der Waals surface area (Å²) in [6.45, 7) is 21.8. The fraction of sp³-hybridized carbons (Fsp3) is 0.467. The zero-order chi connectivity index (χ0) is 22.9. The van der Waals surface area contributed by atoms with Crippen molar-refractivity contribution in [2.45, 2.75) is 82.1 Å². The van der Waals surface area contributed by atoms with E-state index in [9.17, 15) is 0 Å². The second kappa shape index (κ2) is 15.1. The Morgan fingerprint density at radius 3 is 0.969 bits per heavy atom. The quantitative estimate of drug-likeness (QED) is 0.192. The first-order chi connectivity index (χ1) is 13.9. The van der Waals surface area contributed by atoms with Gasteiger partial charge in [0, 0.05) is 0 Å². The summed E-state index contributed by atoms with van der Waals surface area (Å²) in [6, 6.07) is 0. The van der Waals surface area contributed by atoms with Crippen molar-refractivity contribution in [3.05, 3.63) is 94.2 Å². The molecule has 4 aliphatic rings. The Morgan fingerprint density at radius 1 is 0.594 bits per heavy atom. The SMILES string of the molecule is CC1=[C-]C(C)(C)C(C)=C1C.CC1=[C-]C(C)(C)C(C)=C1C.[C-]1=CC=CC1.[C-]1=CC=CC1.[Ru+2].[Ru+2]. The molecule has 0 atom stereocenters. The third kappa shape index (κ3) is 10.4. The molecule has 176 valence electrons. The average Bonchev–Trinajstić information content (AvgIpc) is 3.46. The average molecular weight is 603 g/mol. The molecule has 32 heavy (non-hydrogen) atoms. The van der Waals surface area contributed by atoms with Crippen LogP contribution in [0.5, 0.6) is 0 Å². The van der Waals surface area contributed by atoms with Gasteiger partial charge in [0.05, 0.1) is 0 Å². The molecule has 0 saturated carbocycles. The van der Waals surface area contributed by atoms with E-state index < -0.39 is 0 Å². The topological polar surface area (TPSA) is 0 Å². The van der Waals surface area contributed by atoms with Gasteiger partial charge in [0.2, 0.25) is 0 Å². The smallest absolute Gasteiger partial charge is 0.273 e. The maximum Gasteiger partial charge on any atom is 2.00 e. The molecule has 0 aromatic carbocycles. The van der Waals surface area contributed by atoms with Gasteiger partial charge < -0.3 is 0 Å². The van der Waals surface area contributed by atoms with Crippen LogP contribution in [0.1, 0.15) is 82.1 Å². The summed E-state index contributed by atoms with van der Waals surface area (Å²) in [6.07, 6.45) is 26.9. The third-order valence-corrected chi connectivity index (χ3v) is 6.30. The van der Waals surface area contributed by atoms with Gasteiger partial charge in [-0.15, -0.1) is 26.7 Å². The predicted octanol–water partition coefficient (Wildman–Crippen LogP) is 8.83. The Bertz CT molecular complexity index is 755. The number of rotatable bonds is 0. The van der Waals surface area contributed by atoms with Gasteiger partial charge in [0.15, 0.2) is 0 Å². The molecule has 4 aliphatic carbocycles. The Morgan fingerprint density at radius 2 is 0.906 bits per heavy atom. The van der Waals surface area contributed by atoms with Crippen LogP contribution in [0.15, 0.2) is 69.9 Å². The Labute approximate surface area is 225 Å². The van der Waals surface area contributed by atoms with Gasteiger partial charge in [-0.1, -0.05) is 66.2 Å². The Kier molecular flexibility index (Phi) is 15.8.